The number of carbonyl (C=O) groups excluding carboxylic acids is 1. The fraction of sp³-hybridized carbons (Fsp3) is 0.212. The molecule has 212 valence electrons. The van der Waals surface area contributed by atoms with Crippen molar-refractivity contribution >= 4 is 39.3 Å². The van der Waals surface area contributed by atoms with E-state index in [4.69, 9.17) is 11.6 Å². The third-order valence-electron chi connectivity index (χ3n) is 7.94. The molecule has 3 aromatic carbocycles. The number of halogens is 1. The smallest absolute Gasteiger partial charge is 0.321 e. The number of pyridine rings is 1. The van der Waals surface area contributed by atoms with E-state index >= 15 is 0 Å². The summed E-state index contributed by atoms with van der Waals surface area (Å²) >= 11 is 6.94. The summed E-state index contributed by atoms with van der Waals surface area (Å²) < 4.78 is 2.92. The highest BCUT2D eigenvalue weighted by atomic mass is 35.5. The second-order valence-corrected chi connectivity index (χ2v) is 11.4. The van der Waals surface area contributed by atoms with Crippen LogP contribution in [0.25, 0.3) is 38.6 Å². The van der Waals surface area contributed by atoms with E-state index in [9.17, 15) is 19.5 Å². The van der Waals surface area contributed by atoms with Crippen molar-refractivity contribution in [1.29, 1.82) is 0 Å². The Kier molecular flexibility index (Phi) is 6.94. The van der Waals surface area contributed by atoms with Gasteiger partial charge >= 0.3 is 11.1 Å². The molecule has 1 saturated heterocycles. The molecule has 3 heterocycles. The summed E-state index contributed by atoms with van der Waals surface area (Å²) in [7, 11) is 0. The molecule has 0 spiro atoms. The predicted molar refractivity (Wildman–Crippen MR) is 166 cm³/mol. The SMILES string of the molecule is C=CC(=O)N1CC(Cn2c(=O)c(=O)n(-c3ccncc3C(C)C)c3cc(-c4cc(O)cc5ccccc45)c(Cl)cc32)C1. The van der Waals surface area contributed by atoms with Crippen molar-refractivity contribution in [2.45, 2.75) is 26.3 Å². The third-order valence-corrected chi connectivity index (χ3v) is 8.25. The number of phenolic OH excluding ortho intramolecular Hbond substituents is 1. The summed E-state index contributed by atoms with van der Waals surface area (Å²) in [5.41, 5.74) is 2.33. The van der Waals surface area contributed by atoms with E-state index in [0.717, 1.165) is 16.3 Å². The quantitative estimate of drug-likeness (QED) is 0.211. The lowest BCUT2D eigenvalue weighted by atomic mass is 9.96. The van der Waals surface area contributed by atoms with Crippen LogP contribution in [0.2, 0.25) is 5.02 Å². The molecule has 0 atom stereocenters. The van der Waals surface area contributed by atoms with Gasteiger partial charge in [0.25, 0.3) is 0 Å². The van der Waals surface area contributed by atoms with Crippen molar-refractivity contribution in [3.8, 4) is 22.6 Å². The highest BCUT2D eigenvalue weighted by Crippen LogP contribution is 2.39. The average molecular weight is 581 g/mol. The molecule has 0 bridgehead atoms. The maximum absolute atomic E-state index is 13.9. The van der Waals surface area contributed by atoms with Gasteiger partial charge in [0.05, 0.1) is 21.7 Å². The number of rotatable bonds is 6. The molecule has 1 aliphatic rings. The number of hydrogen-bond donors (Lipinski definition) is 1. The van der Waals surface area contributed by atoms with Crippen molar-refractivity contribution < 1.29 is 9.90 Å². The number of fused-ring (bicyclic) bond motifs is 2. The van der Waals surface area contributed by atoms with Crippen molar-refractivity contribution in [2.24, 2.45) is 5.92 Å². The van der Waals surface area contributed by atoms with Gasteiger partial charge < -0.3 is 14.6 Å². The molecule has 42 heavy (non-hydrogen) atoms. The Labute approximate surface area is 246 Å². The van der Waals surface area contributed by atoms with Crippen LogP contribution < -0.4 is 11.1 Å². The topological polar surface area (TPSA) is 97.4 Å². The largest absolute Gasteiger partial charge is 0.508 e. The fourth-order valence-electron chi connectivity index (χ4n) is 5.82. The van der Waals surface area contributed by atoms with Gasteiger partial charge in [0.15, 0.2) is 0 Å². The molecule has 1 amide bonds. The second-order valence-electron chi connectivity index (χ2n) is 11.0. The van der Waals surface area contributed by atoms with Crippen LogP contribution in [0.15, 0.2) is 89.2 Å². The van der Waals surface area contributed by atoms with Crippen LogP contribution in [0.1, 0.15) is 25.3 Å². The van der Waals surface area contributed by atoms with Crippen LogP contribution in [0.5, 0.6) is 5.75 Å². The zero-order valence-electron chi connectivity index (χ0n) is 23.3. The number of carbonyl (C=O) groups is 1. The van der Waals surface area contributed by atoms with Gasteiger partial charge in [0, 0.05) is 43.5 Å². The highest BCUT2D eigenvalue weighted by Gasteiger charge is 2.31. The zero-order valence-corrected chi connectivity index (χ0v) is 24.0. The zero-order chi connectivity index (χ0) is 29.7. The maximum Gasteiger partial charge on any atom is 0.321 e. The van der Waals surface area contributed by atoms with Gasteiger partial charge in [-0.3, -0.25) is 23.9 Å². The van der Waals surface area contributed by atoms with E-state index in [0.29, 0.717) is 46.0 Å². The fourth-order valence-corrected chi connectivity index (χ4v) is 6.08. The van der Waals surface area contributed by atoms with E-state index in [1.807, 2.05) is 44.2 Å². The Hall–Kier alpha value is -4.69. The summed E-state index contributed by atoms with van der Waals surface area (Å²) in [5.74, 6) is -0.0558. The third kappa shape index (κ3) is 4.58. The second kappa shape index (κ2) is 10.6. The lowest BCUT2D eigenvalue weighted by molar-refractivity contribution is -0.132. The van der Waals surface area contributed by atoms with E-state index in [-0.39, 0.29) is 30.0 Å². The minimum atomic E-state index is -0.692. The summed E-state index contributed by atoms with van der Waals surface area (Å²) in [6.07, 6.45) is 4.58. The van der Waals surface area contributed by atoms with Crippen molar-refractivity contribution in [3.63, 3.8) is 0 Å². The first-order valence-corrected chi connectivity index (χ1v) is 14.1. The van der Waals surface area contributed by atoms with Crippen LogP contribution in [0.4, 0.5) is 0 Å². The van der Waals surface area contributed by atoms with E-state index in [2.05, 4.69) is 11.6 Å². The molecule has 0 aliphatic carbocycles. The molecule has 0 radical (unpaired) electrons. The van der Waals surface area contributed by atoms with Crippen LogP contribution >= 0.6 is 11.6 Å². The van der Waals surface area contributed by atoms with Gasteiger partial charge in [-0.1, -0.05) is 56.3 Å². The molecule has 8 nitrogen and oxygen atoms in total. The van der Waals surface area contributed by atoms with Gasteiger partial charge in [-0.2, -0.15) is 0 Å². The van der Waals surface area contributed by atoms with Crippen LogP contribution in [-0.2, 0) is 11.3 Å². The first-order chi connectivity index (χ1) is 20.2. The van der Waals surface area contributed by atoms with E-state index in [1.165, 1.54) is 15.2 Å². The van der Waals surface area contributed by atoms with Gasteiger partial charge in [-0.15, -0.1) is 0 Å². The predicted octanol–water partition coefficient (Wildman–Crippen LogP) is 5.49. The lowest BCUT2D eigenvalue weighted by Gasteiger charge is -2.39. The number of nitrogens with zero attached hydrogens (tertiary/aromatic N) is 4. The Morgan fingerprint density at radius 1 is 1.07 bits per heavy atom. The molecule has 1 aliphatic heterocycles. The number of phenols is 1. The number of hydrogen-bond acceptors (Lipinski definition) is 5. The van der Waals surface area contributed by atoms with E-state index in [1.54, 1.807) is 41.6 Å². The first kappa shape index (κ1) is 27.5. The van der Waals surface area contributed by atoms with E-state index < -0.39 is 11.1 Å². The Morgan fingerprint density at radius 3 is 2.57 bits per heavy atom. The number of benzene rings is 3. The highest BCUT2D eigenvalue weighted by molar-refractivity contribution is 6.34. The van der Waals surface area contributed by atoms with Crippen LogP contribution in [0, 0.1) is 5.92 Å². The summed E-state index contributed by atoms with van der Waals surface area (Å²) in [5, 5.41) is 12.6. The normalized spacial score (nSPS) is 13.6. The van der Waals surface area contributed by atoms with Crippen LogP contribution in [0.3, 0.4) is 0 Å². The number of aromatic hydroxyl groups is 1. The molecule has 1 fully saturated rings. The molecule has 6 rings (SSSR count). The Morgan fingerprint density at radius 2 is 1.83 bits per heavy atom. The van der Waals surface area contributed by atoms with Crippen molar-refractivity contribution in [1.82, 2.24) is 19.0 Å². The van der Waals surface area contributed by atoms with Crippen molar-refractivity contribution in [2.75, 3.05) is 13.1 Å². The Bertz CT molecular complexity index is 2020. The number of likely N-dealkylation sites (tertiary alicyclic amines) is 1. The molecular formula is C33H29ClN4O4. The number of aromatic nitrogens is 3. The summed E-state index contributed by atoms with van der Waals surface area (Å²) in [4.78, 5) is 45.6. The summed E-state index contributed by atoms with van der Waals surface area (Å²) in [6, 6.07) is 16.3. The minimum absolute atomic E-state index is 0.00864. The molecular weight excluding hydrogens is 552 g/mol. The molecule has 0 unspecified atom stereocenters. The molecule has 2 aromatic heterocycles. The van der Waals surface area contributed by atoms with Gasteiger partial charge in [0.2, 0.25) is 5.91 Å². The Balaban J connectivity index is 1.64. The maximum atomic E-state index is 13.9. The van der Waals surface area contributed by atoms with Gasteiger partial charge in [-0.05, 0) is 64.2 Å². The lowest BCUT2D eigenvalue weighted by Crippen LogP contribution is -2.52. The standard InChI is InChI=1S/C33H29ClN4O4/c1-4-31(40)36-16-20(17-36)18-37-29-14-27(34)25(24-12-22(39)11-21-7-5-6-8-23(21)24)13-30(29)38(33(42)32(37)41)28-9-10-35-15-26(28)19(2)3/h4-15,19-20,39H,1,16-18H2,2-3H3. The molecule has 9 heteroatoms. The van der Waals surface area contributed by atoms with Crippen LogP contribution in [-0.4, -0.2) is 43.1 Å². The monoisotopic (exact) mass is 580 g/mol. The van der Waals surface area contributed by atoms with Crippen molar-refractivity contribution in [3.05, 3.63) is 111 Å². The van der Waals surface area contributed by atoms with Gasteiger partial charge in [-0.25, -0.2) is 0 Å². The molecule has 1 N–H and O–H groups in total. The minimum Gasteiger partial charge on any atom is -0.508 e. The molecule has 5 aromatic rings. The number of amides is 1. The summed E-state index contributed by atoms with van der Waals surface area (Å²) in [6.45, 7) is 8.73. The first-order valence-electron chi connectivity index (χ1n) is 13.7. The van der Waals surface area contributed by atoms with Gasteiger partial charge in [0.1, 0.15) is 5.75 Å². The molecule has 0 saturated carbocycles. The average Bonchev–Trinajstić information content (AvgIpc) is 2.96.